The fourth-order valence-electron chi connectivity index (χ4n) is 2.29. The summed E-state index contributed by atoms with van der Waals surface area (Å²) in [7, 11) is 1.79. The molecule has 24 heavy (non-hydrogen) atoms. The third-order valence-corrected chi connectivity index (χ3v) is 4.24. The molecule has 0 N–H and O–H groups in total. The number of aromatic nitrogens is 3. The first-order chi connectivity index (χ1) is 11.5. The van der Waals surface area contributed by atoms with Crippen LogP contribution in [0.2, 0.25) is 0 Å². The topological polar surface area (TPSA) is 74.1 Å². The van der Waals surface area contributed by atoms with Crippen molar-refractivity contribution in [3.8, 4) is 0 Å². The van der Waals surface area contributed by atoms with Gasteiger partial charge in [0.15, 0.2) is 12.3 Å². The predicted molar refractivity (Wildman–Crippen MR) is 92.0 cm³/mol. The van der Waals surface area contributed by atoms with Crippen molar-refractivity contribution >= 4 is 38.6 Å². The molecule has 0 unspecified atom stereocenters. The number of carbonyl (C=O) groups is 2. The minimum absolute atomic E-state index is 0.0662. The van der Waals surface area contributed by atoms with Crippen LogP contribution in [0.25, 0.3) is 10.9 Å². The van der Waals surface area contributed by atoms with Gasteiger partial charge < -0.3 is 9.30 Å². The molecule has 122 valence electrons. The standard InChI is InChI=1S/C17H14BrN3O3/c1-10-3-6-15(21(10)2)16(22)9-24-17(23)14-8-11-7-12(18)4-5-13(11)19-20-14/h3-8H,9H2,1-2H3. The van der Waals surface area contributed by atoms with Crippen LogP contribution in [0.15, 0.2) is 40.9 Å². The van der Waals surface area contributed by atoms with Gasteiger partial charge in [0.25, 0.3) is 0 Å². The number of hydrogen-bond donors (Lipinski definition) is 0. The van der Waals surface area contributed by atoms with E-state index < -0.39 is 5.97 Å². The van der Waals surface area contributed by atoms with Crippen LogP contribution in [-0.4, -0.2) is 33.1 Å². The maximum atomic E-state index is 12.1. The highest BCUT2D eigenvalue weighted by molar-refractivity contribution is 9.10. The molecule has 0 aliphatic carbocycles. The second kappa shape index (κ2) is 6.52. The smallest absolute Gasteiger partial charge is 0.359 e. The van der Waals surface area contributed by atoms with E-state index in [1.54, 1.807) is 29.8 Å². The Morgan fingerprint density at radius 3 is 2.67 bits per heavy atom. The van der Waals surface area contributed by atoms with Crippen LogP contribution in [0.5, 0.6) is 0 Å². The molecule has 3 aromatic rings. The third kappa shape index (κ3) is 3.21. The SMILES string of the molecule is Cc1ccc(C(=O)COC(=O)c2cc3cc(Br)ccc3nn2)n1C. The lowest BCUT2D eigenvalue weighted by Gasteiger charge is -2.06. The predicted octanol–water partition coefficient (Wildman–Crippen LogP) is 3.08. The number of esters is 1. The van der Waals surface area contributed by atoms with E-state index in [4.69, 9.17) is 4.74 Å². The van der Waals surface area contributed by atoms with E-state index >= 15 is 0 Å². The van der Waals surface area contributed by atoms with Crippen LogP contribution in [0.4, 0.5) is 0 Å². The molecule has 0 radical (unpaired) electrons. The number of benzene rings is 1. The van der Waals surface area contributed by atoms with Gasteiger partial charge in [-0.1, -0.05) is 15.9 Å². The molecule has 0 fully saturated rings. The van der Waals surface area contributed by atoms with E-state index in [9.17, 15) is 9.59 Å². The summed E-state index contributed by atoms with van der Waals surface area (Å²) < 4.78 is 7.70. The van der Waals surface area contributed by atoms with E-state index in [0.717, 1.165) is 15.6 Å². The zero-order chi connectivity index (χ0) is 17.3. The Hall–Kier alpha value is -2.54. The summed E-state index contributed by atoms with van der Waals surface area (Å²) in [5.41, 5.74) is 2.19. The lowest BCUT2D eigenvalue weighted by atomic mass is 10.2. The van der Waals surface area contributed by atoms with Crippen molar-refractivity contribution in [2.24, 2.45) is 7.05 Å². The van der Waals surface area contributed by atoms with E-state index in [0.29, 0.717) is 11.2 Å². The molecule has 0 atom stereocenters. The van der Waals surface area contributed by atoms with Gasteiger partial charge in [-0.15, -0.1) is 10.2 Å². The molecule has 0 aliphatic heterocycles. The molecule has 1 aromatic carbocycles. The first-order valence-electron chi connectivity index (χ1n) is 7.21. The molecular formula is C17H14BrN3O3. The van der Waals surface area contributed by atoms with Gasteiger partial charge in [-0.3, -0.25) is 4.79 Å². The number of rotatable bonds is 4. The van der Waals surface area contributed by atoms with Crippen LogP contribution in [0.3, 0.4) is 0 Å². The van der Waals surface area contributed by atoms with E-state index in [1.165, 1.54) is 0 Å². The minimum Gasteiger partial charge on any atom is -0.452 e. The molecule has 0 saturated heterocycles. The number of aryl methyl sites for hydroxylation is 1. The Morgan fingerprint density at radius 1 is 1.17 bits per heavy atom. The molecular weight excluding hydrogens is 374 g/mol. The lowest BCUT2D eigenvalue weighted by Crippen LogP contribution is -2.17. The van der Waals surface area contributed by atoms with Gasteiger partial charge in [0.05, 0.1) is 11.2 Å². The van der Waals surface area contributed by atoms with Crippen LogP contribution >= 0.6 is 15.9 Å². The molecule has 6 nitrogen and oxygen atoms in total. The highest BCUT2D eigenvalue weighted by Crippen LogP contribution is 2.18. The van der Waals surface area contributed by atoms with Crippen LogP contribution in [0.1, 0.15) is 26.7 Å². The fourth-order valence-corrected chi connectivity index (χ4v) is 2.67. The van der Waals surface area contributed by atoms with Crippen LogP contribution < -0.4 is 0 Å². The highest BCUT2D eigenvalue weighted by atomic mass is 79.9. The van der Waals surface area contributed by atoms with Gasteiger partial charge >= 0.3 is 5.97 Å². The molecule has 0 bridgehead atoms. The summed E-state index contributed by atoms with van der Waals surface area (Å²) >= 11 is 3.37. The van der Waals surface area contributed by atoms with Gasteiger partial charge in [0.2, 0.25) is 5.78 Å². The van der Waals surface area contributed by atoms with Gasteiger partial charge in [-0.2, -0.15) is 0 Å². The molecule has 0 aliphatic rings. The molecule has 7 heteroatoms. The minimum atomic E-state index is -0.677. The van der Waals surface area contributed by atoms with Crippen molar-refractivity contribution in [2.75, 3.05) is 6.61 Å². The Bertz CT molecular complexity index is 949. The molecule has 3 rings (SSSR count). The average Bonchev–Trinajstić information content (AvgIpc) is 2.91. The van der Waals surface area contributed by atoms with Crippen molar-refractivity contribution in [1.82, 2.24) is 14.8 Å². The maximum Gasteiger partial charge on any atom is 0.359 e. The van der Waals surface area contributed by atoms with Crippen molar-refractivity contribution in [1.29, 1.82) is 0 Å². The molecule has 0 saturated carbocycles. The van der Waals surface area contributed by atoms with Gasteiger partial charge in [-0.25, -0.2) is 4.79 Å². The Labute approximate surface area is 146 Å². The van der Waals surface area contributed by atoms with Crippen molar-refractivity contribution < 1.29 is 14.3 Å². The maximum absolute atomic E-state index is 12.1. The van der Waals surface area contributed by atoms with Crippen LogP contribution in [-0.2, 0) is 11.8 Å². The number of halogens is 1. The second-order valence-corrected chi connectivity index (χ2v) is 6.27. The molecule has 0 spiro atoms. The monoisotopic (exact) mass is 387 g/mol. The normalized spacial score (nSPS) is 10.8. The van der Waals surface area contributed by atoms with Crippen molar-refractivity contribution in [2.45, 2.75) is 6.92 Å². The van der Waals surface area contributed by atoms with Gasteiger partial charge in [0.1, 0.15) is 0 Å². The van der Waals surface area contributed by atoms with Crippen molar-refractivity contribution in [3.05, 3.63) is 58.0 Å². The zero-order valence-electron chi connectivity index (χ0n) is 13.1. The molecule has 2 aromatic heterocycles. The first kappa shape index (κ1) is 16.3. The summed E-state index contributed by atoms with van der Waals surface area (Å²) in [5, 5.41) is 8.60. The number of carbonyl (C=O) groups excluding carboxylic acids is 2. The molecule has 2 heterocycles. The first-order valence-corrected chi connectivity index (χ1v) is 8.00. The van der Waals surface area contributed by atoms with Crippen molar-refractivity contribution in [3.63, 3.8) is 0 Å². The van der Waals surface area contributed by atoms with Crippen LogP contribution in [0, 0.1) is 6.92 Å². The highest BCUT2D eigenvalue weighted by Gasteiger charge is 2.16. The number of Topliss-reactive ketones (excluding diaryl/α,β-unsaturated/α-hetero) is 1. The number of hydrogen-bond acceptors (Lipinski definition) is 5. The number of ether oxygens (including phenoxy) is 1. The summed E-state index contributed by atoms with van der Waals surface area (Å²) in [5.74, 6) is -0.945. The zero-order valence-corrected chi connectivity index (χ0v) is 14.7. The van der Waals surface area contributed by atoms with Gasteiger partial charge in [-0.05, 0) is 43.3 Å². The van der Waals surface area contributed by atoms with E-state index in [1.807, 2.05) is 25.1 Å². The Balaban J connectivity index is 1.73. The number of fused-ring (bicyclic) bond motifs is 1. The molecule has 0 amide bonds. The van der Waals surface area contributed by atoms with Gasteiger partial charge in [0, 0.05) is 22.6 Å². The lowest BCUT2D eigenvalue weighted by molar-refractivity contribution is 0.0466. The summed E-state index contributed by atoms with van der Waals surface area (Å²) in [6.07, 6.45) is 0. The summed E-state index contributed by atoms with van der Waals surface area (Å²) in [6, 6.07) is 10.6. The number of nitrogens with zero attached hydrogens (tertiary/aromatic N) is 3. The Morgan fingerprint density at radius 2 is 1.96 bits per heavy atom. The third-order valence-electron chi connectivity index (χ3n) is 3.75. The Kier molecular flexibility index (Phi) is 4.44. The van der Waals surface area contributed by atoms with E-state index in [-0.39, 0.29) is 18.1 Å². The second-order valence-electron chi connectivity index (χ2n) is 5.35. The van der Waals surface area contributed by atoms with E-state index in [2.05, 4.69) is 26.1 Å². The largest absolute Gasteiger partial charge is 0.452 e. The average molecular weight is 388 g/mol. The number of ketones is 1. The fraction of sp³-hybridized carbons (Fsp3) is 0.176. The quantitative estimate of drug-likeness (QED) is 0.507. The summed E-state index contributed by atoms with van der Waals surface area (Å²) in [6.45, 7) is 1.56. The summed E-state index contributed by atoms with van der Waals surface area (Å²) in [4.78, 5) is 24.2.